The molecule has 620 valence electrons. The van der Waals surface area contributed by atoms with Gasteiger partial charge in [0.1, 0.15) is 70.3 Å². The second kappa shape index (κ2) is 37.3. The number of H-pyrrole nitrogens is 4. The summed E-state index contributed by atoms with van der Waals surface area (Å²) in [6.07, 6.45) is 19.7. The molecule has 2 aliphatic heterocycles. The summed E-state index contributed by atoms with van der Waals surface area (Å²) in [5.74, 6) is 1.21. The van der Waals surface area contributed by atoms with Gasteiger partial charge in [-0.15, -0.1) is 0 Å². The maximum atomic E-state index is 14.7. The second-order valence-corrected chi connectivity index (χ2v) is 30.4. The van der Waals surface area contributed by atoms with E-state index in [1.54, 1.807) is 102 Å². The Bertz CT molecular complexity index is 5590. The van der Waals surface area contributed by atoms with Gasteiger partial charge in [-0.05, 0) is 109 Å². The van der Waals surface area contributed by atoms with Gasteiger partial charge < -0.3 is 59.4 Å². The maximum absolute atomic E-state index is 14.7. The van der Waals surface area contributed by atoms with Crippen LogP contribution in [0, 0.1) is 17.7 Å². The summed E-state index contributed by atoms with van der Waals surface area (Å²) in [5.41, 5.74) is 5.91. The second-order valence-electron chi connectivity index (χ2n) is 28.7. The molecule has 5 N–H and O–H groups in total. The highest BCUT2D eigenvalue weighted by Gasteiger charge is 2.42. The number of aromatic amines is 4. The summed E-state index contributed by atoms with van der Waals surface area (Å²) in [4.78, 5) is 138. The number of aromatic nitrogens is 16. The topological polar surface area (TPSA) is 344 Å². The number of pyridine rings is 4. The first-order valence-electron chi connectivity index (χ1n) is 38.2. The van der Waals surface area contributed by atoms with E-state index in [2.05, 4.69) is 85.0 Å². The van der Waals surface area contributed by atoms with Gasteiger partial charge in [0.05, 0.1) is 38.6 Å². The van der Waals surface area contributed by atoms with Crippen molar-refractivity contribution in [1.29, 1.82) is 0 Å². The van der Waals surface area contributed by atoms with Crippen molar-refractivity contribution < 1.29 is 50.6 Å². The standard InChI is InChI=1S/C22H22ClF3N6O3.C20H21ClFN5O.C19H21ClN6O.C19H23ClN6O.3H2/c1-3-35-21(34)15-10-29-18(14-9-28-17-13(14)7-12(23)8-27-17)30-19(15)32-6-4-5-16(32)20(33)31(2)11-22(24,25)26;1-3-27(2)20(28)13-6-4-5-12(13)17-16(22)10-25-19(26-17)15-9-24-18-14(15)7-11(21)8-23-18;1-3-25(2)19(27)15-5-4-8-26(15)16-6-7-21-18(24-16)14-11-23-17-13(14)9-12(20)10-22-17;1-5-26(4)19(27)16(11(2)3)24-15-6-7-21-18(25-15)14-10-23-17-13(14)8-12(20)9-22-17;;;/h7-10,16H,3-6,11H2,1-2H3,(H,27,28);7-10,12-13H,3-6H2,1-2H3,(H,23,24);6-7,9-11,15H,3-5,8H2,1-2H3,(H,22,23);6-11,16H,5H2,1-4H3,(H,22,23)(H,21,24,25);3*1H/t16-;12?,13-;15-;16-;;;/m1011.../s1. The molecule has 12 aromatic rings. The zero-order valence-electron chi connectivity index (χ0n) is 65.8. The molecule has 0 spiro atoms. The average molecular weight is 1690 g/mol. The zero-order valence-corrected chi connectivity index (χ0v) is 68.8. The Hall–Kier alpha value is -11.3. The van der Waals surface area contributed by atoms with Crippen molar-refractivity contribution in [2.24, 2.45) is 11.8 Å². The van der Waals surface area contributed by atoms with Gasteiger partial charge in [-0.25, -0.2) is 69.0 Å². The first-order chi connectivity index (χ1) is 56.1. The van der Waals surface area contributed by atoms with E-state index in [0.29, 0.717) is 121 Å². The molecule has 5 atom stereocenters. The lowest BCUT2D eigenvalue weighted by Gasteiger charge is -2.30. The van der Waals surface area contributed by atoms with Gasteiger partial charge >= 0.3 is 12.1 Å². The van der Waals surface area contributed by atoms with Crippen LogP contribution >= 0.6 is 46.4 Å². The number of hydrogen-bond acceptors (Lipinski definition) is 21. The number of nitrogens with one attached hydrogen (secondary N) is 5. The molecule has 15 rings (SSSR count). The van der Waals surface area contributed by atoms with Gasteiger partial charge in [0.15, 0.2) is 29.1 Å². The van der Waals surface area contributed by atoms with Gasteiger partial charge in [-0.1, -0.05) is 66.7 Å². The number of alkyl halides is 3. The van der Waals surface area contributed by atoms with Crippen LogP contribution in [-0.2, 0) is 23.9 Å². The monoisotopic (exact) mass is 1690 g/mol. The van der Waals surface area contributed by atoms with E-state index in [0.717, 1.165) is 90.1 Å². The molecule has 12 aromatic heterocycles. The average Bonchev–Trinajstić information content (AvgIpc) is 1.57. The van der Waals surface area contributed by atoms with Gasteiger partial charge in [-0.3, -0.25) is 19.2 Å². The number of halogens is 8. The normalized spacial score (nSPS) is 16.2. The largest absolute Gasteiger partial charge is 0.462 e. The SMILES string of the molecule is CCN(C)C(=O)[C@H](Nc1ccnc(-c2c[nH]c3ncc(Cl)cc23)n1)C(C)C.CCN(C)C(=O)[C@H]1CCCC1c1nc(-c2c[nH]c3ncc(Cl)cc23)ncc1F.CCN(C)C(=O)[C@H]1CCCN1c1ccnc(-c2c[nH]c3ncc(Cl)cc23)n1.CCOC(=O)c1cnc(-c2c[nH]c3ncc(Cl)cc23)nc1N1CCC[C@@H]1C(=O)N(C)CC(F)(F)F.[HH].[HH].[HH]. The molecular formula is C80H93Cl4F4N23O6. The van der Waals surface area contributed by atoms with Crippen LogP contribution in [0.1, 0.15) is 113 Å². The van der Waals surface area contributed by atoms with Crippen molar-refractivity contribution in [3.8, 4) is 45.6 Å². The molecule has 0 bridgehead atoms. The highest BCUT2D eigenvalue weighted by atomic mass is 35.5. The smallest absolute Gasteiger partial charge is 0.406 e. The number of esters is 1. The number of rotatable bonds is 20. The van der Waals surface area contributed by atoms with Crippen LogP contribution in [0.4, 0.5) is 35.0 Å². The highest BCUT2D eigenvalue weighted by molar-refractivity contribution is 6.32. The fraction of sp³-hybridized carbons (Fsp3) is 0.388. The molecule has 29 nitrogen and oxygen atoms in total. The van der Waals surface area contributed by atoms with Crippen molar-refractivity contribution in [2.45, 2.75) is 117 Å². The summed E-state index contributed by atoms with van der Waals surface area (Å²) >= 11 is 24.3. The minimum Gasteiger partial charge on any atom is -0.462 e. The molecule has 14 heterocycles. The van der Waals surface area contributed by atoms with Crippen LogP contribution < -0.4 is 15.1 Å². The number of anilines is 3. The number of amides is 4. The Balaban J connectivity index is 0.000000182. The Kier molecular flexibility index (Phi) is 27.1. The molecule has 1 aliphatic carbocycles. The maximum Gasteiger partial charge on any atom is 0.406 e. The molecule has 0 radical (unpaired) electrons. The number of nitrogens with zero attached hydrogens (tertiary/aromatic N) is 18. The van der Waals surface area contributed by atoms with E-state index in [1.165, 1.54) is 18.6 Å². The molecule has 0 aromatic carbocycles. The summed E-state index contributed by atoms with van der Waals surface area (Å²) in [7, 11) is 6.52. The summed E-state index contributed by atoms with van der Waals surface area (Å²) in [6, 6.07) is 9.32. The number of carbonyl (C=O) groups excluding carboxylic acids is 5. The van der Waals surface area contributed by atoms with Crippen molar-refractivity contribution >= 4 is 138 Å². The Morgan fingerprint density at radius 2 is 1.00 bits per heavy atom. The van der Waals surface area contributed by atoms with Gasteiger partial charge in [0, 0.05) is 189 Å². The molecule has 37 heteroatoms. The van der Waals surface area contributed by atoms with Gasteiger partial charge in [0.25, 0.3) is 0 Å². The lowest BCUT2D eigenvalue weighted by atomic mass is 9.91. The molecular weight excluding hydrogens is 1600 g/mol. The van der Waals surface area contributed by atoms with Crippen LogP contribution in [0.25, 0.3) is 89.7 Å². The van der Waals surface area contributed by atoms with E-state index in [-0.39, 0.29) is 75.7 Å². The first kappa shape index (κ1) is 85.1. The number of likely N-dealkylation sites (N-methyl/N-ethyl adjacent to an activating group) is 3. The molecule has 3 fully saturated rings. The Morgan fingerprint density at radius 3 is 1.50 bits per heavy atom. The number of hydrogen-bond donors (Lipinski definition) is 5. The quantitative estimate of drug-likeness (QED) is 0.0349. The molecule has 1 unspecified atom stereocenters. The van der Waals surface area contributed by atoms with E-state index in [1.807, 2.05) is 72.3 Å². The Labute approximate surface area is 695 Å². The highest BCUT2D eigenvalue weighted by Crippen LogP contribution is 2.43. The van der Waals surface area contributed by atoms with Crippen molar-refractivity contribution in [1.82, 2.24) is 99.3 Å². The minimum absolute atomic E-state index is 0. The summed E-state index contributed by atoms with van der Waals surface area (Å²) in [6.45, 7) is 13.4. The van der Waals surface area contributed by atoms with E-state index in [4.69, 9.17) is 56.1 Å². The number of ether oxygens (including phenoxy) is 1. The Morgan fingerprint density at radius 1 is 0.547 bits per heavy atom. The molecule has 3 aliphatic rings. The van der Waals surface area contributed by atoms with E-state index in [9.17, 15) is 41.5 Å². The number of fused-ring (bicyclic) bond motifs is 4. The fourth-order valence-electron chi connectivity index (χ4n) is 14.4. The van der Waals surface area contributed by atoms with Crippen LogP contribution in [0.3, 0.4) is 0 Å². The van der Waals surface area contributed by atoms with E-state index < -0.39 is 36.5 Å². The van der Waals surface area contributed by atoms with E-state index >= 15 is 0 Å². The van der Waals surface area contributed by atoms with Crippen molar-refractivity contribution in [3.05, 3.63) is 148 Å². The molecule has 4 amide bonds. The van der Waals surface area contributed by atoms with Gasteiger partial charge in [0.2, 0.25) is 23.6 Å². The van der Waals surface area contributed by atoms with Crippen LogP contribution in [0.2, 0.25) is 20.1 Å². The van der Waals surface area contributed by atoms with Crippen LogP contribution in [-0.4, -0.2) is 227 Å². The third kappa shape index (κ3) is 19.4. The predicted molar refractivity (Wildman–Crippen MR) is 447 cm³/mol. The zero-order chi connectivity index (χ0) is 83.7. The molecule has 117 heavy (non-hydrogen) atoms. The number of carbonyl (C=O) groups is 5. The van der Waals surface area contributed by atoms with Crippen LogP contribution in [0.5, 0.6) is 0 Å². The van der Waals surface area contributed by atoms with Gasteiger partial charge in [-0.2, -0.15) is 13.2 Å². The molecule has 1 saturated carbocycles. The summed E-state index contributed by atoms with van der Waals surface area (Å²) < 4.78 is 58.5. The van der Waals surface area contributed by atoms with Crippen LogP contribution in [0.15, 0.2) is 111 Å². The molecule has 2 saturated heterocycles. The lowest BCUT2D eigenvalue weighted by molar-refractivity contribution is -0.159. The van der Waals surface area contributed by atoms with Crippen molar-refractivity contribution in [2.75, 3.05) is 89.2 Å². The third-order valence-corrected chi connectivity index (χ3v) is 21.5. The third-order valence-electron chi connectivity index (χ3n) is 20.7. The minimum atomic E-state index is -4.53. The first-order valence-corrected chi connectivity index (χ1v) is 39.7. The fourth-order valence-corrected chi connectivity index (χ4v) is 15.0. The lowest BCUT2D eigenvalue weighted by Crippen LogP contribution is -2.47. The van der Waals surface area contributed by atoms with Crippen molar-refractivity contribution in [3.63, 3.8) is 0 Å². The summed E-state index contributed by atoms with van der Waals surface area (Å²) in [5, 5.41) is 8.41. The predicted octanol–water partition coefficient (Wildman–Crippen LogP) is 15.5.